The summed E-state index contributed by atoms with van der Waals surface area (Å²) in [5, 5.41) is 5.07. The number of methoxy groups -OCH3 is 1. The van der Waals surface area contributed by atoms with Gasteiger partial charge in [-0.2, -0.15) is 15.0 Å². The van der Waals surface area contributed by atoms with Crippen LogP contribution in [0.15, 0.2) is 30.3 Å². The first-order chi connectivity index (χ1) is 14.1. The summed E-state index contributed by atoms with van der Waals surface area (Å²) in [7, 11) is 1.48. The topological polar surface area (TPSA) is 119 Å². The molecular formula is C19H24N6O4. The zero-order valence-corrected chi connectivity index (χ0v) is 16.3. The molecule has 0 saturated carbocycles. The lowest BCUT2D eigenvalue weighted by atomic mass is 10.2. The molecule has 29 heavy (non-hydrogen) atoms. The highest BCUT2D eigenvalue weighted by Gasteiger charge is 2.18. The molecule has 2 aromatic rings. The smallest absolute Gasteiger partial charge is 0.407 e. The Hall–Kier alpha value is -3.43. The fourth-order valence-electron chi connectivity index (χ4n) is 2.78. The Morgan fingerprint density at radius 2 is 1.83 bits per heavy atom. The molecule has 1 aliphatic heterocycles. The van der Waals surface area contributed by atoms with E-state index < -0.39 is 6.09 Å². The molecule has 0 unspecified atom stereocenters. The largest absolute Gasteiger partial charge is 0.467 e. The summed E-state index contributed by atoms with van der Waals surface area (Å²) < 4.78 is 10.2. The molecular weight excluding hydrogens is 376 g/mol. The van der Waals surface area contributed by atoms with E-state index in [1.165, 1.54) is 7.11 Å². The maximum absolute atomic E-state index is 12.0. The highest BCUT2D eigenvalue weighted by molar-refractivity contribution is 5.82. The van der Waals surface area contributed by atoms with Gasteiger partial charge in [0.1, 0.15) is 13.2 Å². The molecule has 3 rings (SSSR count). The van der Waals surface area contributed by atoms with Crippen molar-refractivity contribution in [1.82, 2.24) is 25.6 Å². The monoisotopic (exact) mass is 400 g/mol. The van der Waals surface area contributed by atoms with Gasteiger partial charge in [-0.1, -0.05) is 30.3 Å². The third-order valence-corrected chi connectivity index (χ3v) is 4.27. The van der Waals surface area contributed by atoms with Crippen LogP contribution in [0.3, 0.4) is 0 Å². The van der Waals surface area contributed by atoms with Gasteiger partial charge in [0.15, 0.2) is 5.82 Å². The molecule has 1 saturated heterocycles. The molecule has 10 nitrogen and oxygen atoms in total. The number of anilines is 1. The Kier molecular flexibility index (Phi) is 7.15. The summed E-state index contributed by atoms with van der Waals surface area (Å²) in [6, 6.07) is 9.49. The van der Waals surface area contributed by atoms with Crippen molar-refractivity contribution in [3.63, 3.8) is 0 Å². The van der Waals surface area contributed by atoms with E-state index in [4.69, 9.17) is 9.47 Å². The molecule has 2 heterocycles. The molecule has 1 aromatic carbocycles. The molecule has 1 aromatic heterocycles. The van der Waals surface area contributed by atoms with Gasteiger partial charge in [0, 0.05) is 13.1 Å². The Bertz CT molecular complexity index is 827. The van der Waals surface area contributed by atoms with Crippen LogP contribution in [-0.2, 0) is 22.7 Å². The second kappa shape index (κ2) is 10.2. The first-order valence-electron chi connectivity index (χ1n) is 9.39. The summed E-state index contributed by atoms with van der Waals surface area (Å²) >= 11 is 0. The van der Waals surface area contributed by atoms with E-state index in [1.54, 1.807) is 0 Å². The van der Waals surface area contributed by atoms with Crippen LogP contribution in [0.5, 0.6) is 6.01 Å². The number of benzene rings is 1. The van der Waals surface area contributed by atoms with Gasteiger partial charge in [-0.3, -0.25) is 4.79 Å². The van der Waals surface area contributed by atoms with Gasteiger partial charge < -0.3 is 25.0 Å². The van der Waals surface area contributed by atoms with Crippen LogP contribution in [0.4, 0.5) is 10.7 Å². The fraction of sp³-hybridized carbons (Fsp3) is 0.421. The van der Waals surface area contributed by atoms with Crippen molar-refractivity contribution in [3.8, 4) is 6.01 Å². The van der Waals surface area contributed by atoms with Crippen LogP contribution in [0, 0.1) is 0 Å². The Morgan fingerprint density at radius 3 is 2.55 bits per heavy atom. The SMILES string of the molecule is COc1nc(CNC(=O)CNC(=O)OCc2ccccc2)nc(N2CCCC2)n1. The van der Waals surface area contributed by atoms with Gasteiger partial charge in [0.2, 0.25) is 11.9 Å². The number of hydrogen-bond acceptors (Lipinski definition) is 8. The van der Waals surface area contributed by atoms with Gasteiger partial charge in [0.05, 0.1) is 13.7 Å². The Labute approximate surface area is 168 Å². The number of alkyl carbamates (subject to hydrolysis) is 1. The molecule has 0 radical (unpaired) electrons. The van der Waals surface area contributed by atoms with Crippen LogP contribution in [0.2, 0.25) is 0 Å². The van der Waals surface area contributed by atoms with Gasteiger partial charge in [-0.25, -0.2) is 4.79 Å². The first-order valence-corrected chi connectivity index (χ1v) is 9.39. The fourth-order valence-corrected chi connectivity index (χ4v) is 2.78. The minimum atomic E-state index is -0.665. The second-order valence-electron chi connectivity index (χ2n) is 6.42. The van der Waals surface area contributed by atoms with Gasteiger partial charge in [-0.05, 0) is 18.4 Å². The third-order valence-electron chi connectivity index (χ3n) is 4.27. The predicted octanol–water partition coefficient (Wildman–Crippen LogP) is 1.02. The lowest BCUT2D eigenvalue weighted by molar-refractivity contribution is -0.120. The summed E-state index contributed by atoms with van der Waals surface area (Å²) in [5.74, 6) is 0.545. The normalized spacial score (nSPS) is 13.1. The van der Waals surface area contributed by atoms with E-state index in [0.29, 0.717) is 11.8 Å². The number of ether oxygens (including phenoxy) is 2. The van der Waals surface area contributed by atoms with Crippen molar-refractivity contribution in [3.05, 3.63) is 41.7 Å². The number of nitrogens with zero attached hydrogens (tertiary/aromatic N) is 4. The summed E-state index contributed by atoms with van der Waals surface area (Å²) in [4.78, 5) is 38.6. The number of rotatable bonds is 8. The highest BCUT2D eigenvalue weighted by Crippen LogP contribution is 2.17. The summed E-state index contributed by atoms with van der Waals surface area (Å²) in [6.45, 7) is 1.79. The molecule has 0 aliphatic carbocycles. The van der Waals surface area contributed by atoms with E-state index in [1.807, 2.05) is 30.3 Å². The van der Waals surface area contributed by atoms with Gasteiger partial charge in [-0.15, -0.1) is 0 Å². The number of carbonyl (C=O) groups is 2. The van der Waals surface area contributed by atoms with Crippen LogP contribution < -0.4 is 20.3 Å². The van der Waals surface area contributed by atoms with Gasteiger partial charge >= 0.3 is 12.1 Å². The lowest BCUT2D eigenvalue weighted by Gasteiger charge is -2.16. The van der Waals surface area contributed by atoms with Crippen molar-refractivity contribution in [1.29, 1.82) is 0 Å². The average Bonchev–Trinajstić information content (AvgIpc) is 3.30. The maximum atomic E-state index is 12.0. The molecule has 10 heteroatoms. The van der Waals surface area contributed by atoms with Crippen molar-refractivity contribution in [2.45, 2.75) is 26.0 Å². The number of hydrogen-bond donors (Lipinski definition) is 2. The highest BCUT2D eigenvalue weighted by atomic mass is 16.5. The Balaban J connectivity index is 1.44. The molecule has 2 amide bonds. The quantitative estimate of drug-likeness (QED) is 0.674. The first kappa shape index (κ1) is 20.3. The third kappa shape index (κ3) is 6.30. The minimum absolute atomic E-state index is 0.0965. The Morgan fingerprint density at radius 1 is 1.07 bits per heavy atom. The van der Waals surface area contributed by atoms with Crippen molar-refractivity contribution in [2.24, 2.45) is 0 Å². The average molecular weight is 400 g/mol. The van der Waals surface area contributed by atoms with E-state index in [2.05, 4.69) is 30.5 Å². The van der Waals surface area contributed by atoms with E-state index >= 15 is 0 Å². The number of aromatic nitrogens is 3. The van der Waals surface area contributed by atoms with Crippen molar-refractivity contribution in [2.75, 3.05) is 31.6 Å². The van der Waals surface area contributed by atoms with E-state index in [-0.39, 0.29) is 31.6 Å². The van der Waals surface area contributed by atoms with Crippen molar-refractivity contribution < 1.29 is 19.1 Å². The summed E-state index contributed by atoms with van der Waals surface area (Å²) in [6.07, 6.45) is 1.51. The van der Waals surface area contributed by atoms with E-state index in [9.17, 15) is 9.59 Å². The number of amides is 2. The lowest BCUT2D eigenvalue weighted by Crippen LogP contribution is -2.37. The van der Waals surface area contributed by atoms with E-state index in [0.717, 1.165) is 31.5 Å². The minimum Gasteiger partial charge on any atom is -0.467 e. The zero-order valence-electron chi connectivity index (χ0n) is 16.3. The van der Waals surface area contributed by atoms with Crippen LogP contribution in [0.25, 0.3) is 0 Å². The van der Waals surface area contributed by atoms with Crippen molar-refractivity contribution >= 4 is 17.9 Å². The zero-order chi connectivity index (χ0) is 20.5. The van der Waals surface area contributed by atoms with Crippen LogP contribution >= 0.6 is 0 Å². The molecule has 0 atom stereocenters. The maximum Gasteiger partial charge on any atom is 0.407 e. The van der Waals surface area contributed by atoms with Gasteiger partial charge in [0.25, 0.3) is 0 Å². The predicted molar refractivity (Wildman–Crippen MR) is 104 cm³/mol. The molecule has 0 spiro atoms. The molecule has 2 N–H and O–H groups in total. The molecule has 154 valence electrons. The molecule has 1 fully saturated rings. The van der Waals surface area contributed by atoms with Crippen LogP contribution in [-0.4, -0.2) is 53.7 Å². The molecule has 1 aliphatic rings. The summed E-state index contributed by atoms with van der Waals surface area (Å²) in [5.41, 5.74) is 0.865. The second-order valence-corrected chi connectivity index (χ2v) is 6.42. The molecule has 0 bridgehead atoms. The van der Waals surface area contributed by atoms with Crippen LogP contribution in [0.1, 0.15) is 24.2 Å². The number of nitrogens with one attached hydrogen (secondary N) is 2. The standard InChI is InChI=1S/C19H24N6O4/c1-28-18-23-15(22-17(24-18)25-9-5-6-10-25)11-20-16(26)12-21-19(27)29-13-14-7-3-2-4-8-14/h2-4,7-8H,5-6,9-13H2,1H3,(H,20,26)(H,21,27). The number of carbonyl (C=O) groups excluding carboxylic acids is 2.